The second-order valence-electron chi connectivity index (χ2n) is 5.14. The molecule has 1 N–H and O–H groups in total. The highest BCUT2D eigenvalue weighted by atomic mass is 15.2. The van der Waals surface area contributed by atoms with E-state index in [-0.39, 0.29) is 0 Å². The quantitative estimate of drug-likeness (QED) is 0.867. The highest BCUT2D eigenvalue weighted by Crippen LogP contribution is 2.28. The van der Waals surface area contributed by atoms with Crippen molar-refractivity contribution in [2.24, 2.45) is 0 Å². The molecule has 1 aromatic heterocycles. The minimum Gasteiger partial charge on any atom is -0.308 e. The van der Waals surface area contributed by atoms with Crippen LogP contribution in [0.1, 0.15) is 30.5 Å². The van der Waals surface area contributed by atoms with E-state index in [2.05, 4.69) is 21.3 Å². The molecule has 0 amide bonds. The van der Waals surface area contributed by atoms with Gasteiger partial charge >= 0.3 is 0 Å². The van der Waals surface area contributed by atoms with Crippen molar-refractivity contribution < 1.29 is 0 Å². The number of rotatable bonds is 3. The second-order valence-corrected chi connectivity index (χ2v) is 5.14. The van der Waals surface area contributed by atoms with Crippen LogP contribution >= 0.6 is 0 Å². The molecule has 0 saturated carbocycles. The maximum absolute atomic E-state index is 9.01. The molecule has 0 radical (unpaired) electrons. The van der Waals surface area contributed by atoms with E-state index in [9.17, 15) is 0 Å². The topological polar surface area (TPSA) is 52.0 Å². The van der Waals surface area contributed by atoms with E-state index in [0.29, 0.717) is 17.8 Å². The van der Waals surface area contributed by atoms with Crippen LogP contribution in [0.5, 0.6) is 0 Å². The van der Waals surface area contributed by atoms with Crippen molar-refractivity contribution in [3.63, 3.8) is 0 Å². The summed E-state index contributed by atoms with van der Waals surface area (Å²) in [6.07, 6.45) is 5.55. The molecule has 2 unspecified atom stereocenters. The van der Waals surface area contributed by atoms with Gasteiger partial charge in [-0.2, -0.15) is 5.26 Å². The highest BCUT2D eigenvalue weighted by molar-refractivity contribution is 5.30. The molecular weight excluding hydrogens is 224 g/mol. The van der Waals surface area contributed by atoms with Crippen LogP contribution in [0.3, 0.4) is 0 Å². The van der Waals surface area contributed by atoms with Gasteiger partial charge in [0.2, 0.25) is 0 Å². The van der Waals surface area contributed by atoms with Crippen molar-refractivity contribution in [2.45, 2.75) is 37.9 Å². The summed E-state index contributed by atoms with van der Waals surface area (Å²) in [5.74, 6) is 0. The van der Waals surface area contributed by atoms with Gasteiger partial charge < -0.3 is 5.32 Å². The number of nitriles is 1. The molecule has 0 spiro atoms. The van der Waals surface area contributed by atoms with Crippen LogP contribution in [-0.4, -0.2) is 35.1 Å². The molecule has 0 bridgehead atoms. The average Bonchev–Trinajstić information content (AvgIpc) is 3.00. The fourth-order valence-corrected chi connectivity index (χ4v) is 3.24. The molecule has 4 heteroatoms. The van der Waals surface area contributed by atoms with E-state index in [1.807, 2.05) is 12.1 Å². The Morgan fingerprint density at radius 2 is 2.39 bits per heavy atom. The molecule has 18 heavy (non-hydrogen) atoms. The van der Waals surface area contributed by atoms with Crippen LogP contribution in [0, 0.1) is 11.3 Å². The summed E-state index contributed by atoms with van der Waals surface area (Å²) < 4.78 is 0. The molecular formula is C14H18N4. The van der Waals surface area contributed by atoms with Crippen LogP contribution in [0.2, 0.25) is 0 Å². The number of hydrogen-bond donors (Lipinski definition) is 1. The third kappa shape index (κ3) is 2.12. The van der Waals surface area contributed by atoms with E-state index in [1.165, 1.54) is 32.4 Å². The van der Waals surface area contributed by atoms with E-state index < -0.39 is 0 Å². The third-order valence-electron chi connectivity index (χ3n) is 4.16. The first kappa shape index (κ1) is 11.6. The average molecular weight is 242 g/mol. The minimum atomic E-state index is 0.547. The third-order valence-corrected chi connectivity index (χ3v) is 4.16. The Labute approximate surface area is 108 Å². The summed E-state index contributed by atoms with van der Waals surface area (Å²) in [6, 6.07) is 7.34. The summed E-state index contributed by atoms with van der Waals surface area (Å²) in [6.45, 7) is 3.24. The largest absolute Gasteiger partial charge is 0.308 e. The first-order valence-electron chi connectivity index (χ1n) is 6.70. The predicted molar refractivity (Wildman–Crippen MR) is 68.8 cm³/mol. The number of hydrogen-bond acceptors (Lipinski definition) is 4. The Hall–Kier alpha value is -1.44. The van der Waals surface area contributed by atoms with Crippen molar-refractivity contribution in [3.8, 4) is 6.07 Å². The zero-order valence-corrected chi connectivity index (χ0v) is 10.5. The molecule has 2 fully saturated rings. The van der Waals surface area contributed by atoms with Gasteiger partial charge in [-0.05, 0) is 31.9 Å². The van der Waals surface area contributed by atoms with Gasteiger partial charge in [0, 0.05) is 36.9 Å². The molecule has 1 aromatic rings. The van der Waals surface area contributed by atoms with E-state index in [0.717, 1.165) is 12.1 Å². The molecule has 4 nitrogen and oxygen atoms in total. The number of pyridine rings is 1. The highest BCUT2D eigenvalue weighted by Gasteiger charge is 2.36. The molecule has 2 atom stereocenters. The maximum Gasteiger partial charge on any atom is 0.144 e. The van der Waals surface area contributed by atoms with Gasteiger partial charge in [0.15, 0.2) is 0 Å². The van der Waals surface area contributed by atoms with Crippen LogP contribution in [0.4, 0.5) is 0 Å². The van der Waals surface area contributed by atoms with Crippen molar-refractivity contribution in [3.05, 3.63) is 29.6 Å². The summed E-state index contributed by atoms with van der Waals surface area (Å²) in [7, 11) is 0. The first-order valence-corrected chi connectivity index (χ1v) is 6.70. The fraction of sp³-hybridized carbons (Fsp3) is 0.571. The number of nitrogens with zero attached hydrogens (tertiary/aromatic N) is 3. The minimum absolute atomic E-state index is 0.547. The predicted octanol–water partition coefficient (Wildman–Crippen LogP) is 1.28. The normalized spacial score (nSPS) is 27.1. The zero-order chi connectivity index (χ0) is 12.4. The van der Waals surface area contributed by atoms with E-state index in [1.54, 1.807) is 6.20 Å². The van der Waals surface area contributed by atoms with Gasteiger partial charge in [0.1, 0.15) is 11.8 Å². The summed E-state index contributed by atoms with van der Waals surface area (Å²) in [5.41, 5.74) is 1.56. The lowest BCUT2D eigenvalue weighted by molar-refractivity contribution is 0.298. The Kier molecular flexibility index (Phi) is 3.26. The van der Waals surface area contributed by atoms with Crippen LogP contribution in [-0.2, 0) is 6.54 Å². The van der Waals surface area contributed by atoms with Gasteiger partial charge in [0.05, 0.1) is 0 Å². The molecule has 2 aliphatic rings. The van der Waals surface area contributed by atoms with Gasteiger partial charge in [-0.15, -0.1) is 0 Å². The second kappa shape index (κ2) is 5.05. The molecule has 2 saturated heterocycles. The van der Waals surface area contributed by atoms with Crippen molar-refractivity contribution in [1.82, 2.24) is 15.2 Å². The molecule has 2 aliphatic heterocycles. The monoisotopic (exact) mass is 242 g/mol. The Morgan fingerprint density at radius 3 is 3.28 bits per heavy atom. The lowest BCUT2D eigenvalue weighted by atomic mass is 10.1. The number of nitrogens with one attached hydrogen (secondary N) is 1. The SMILES string of the molecule is N#Cc1ncccc1CNC1CCN2CCCC12. The van der Waals surface area contributed by atoms with Crippen LogP contribution in [0.25, 0.3) is 0 Å². The standard InChI is InChI=1S/C14H18N4/c15-9-13-11(3-1-6-16-13)10-17-12-5-8-18-7-2-4-14(12)18/h1,3,6,12,14,17H,2,4-5,7-8,10H2. The van der Waals surface area contributed by atoms with Crippen molar-refractivity contribution >= 4 is 0 Å². The van der Waals surface area contributed by atoms with Crippen LogP contribution < -0.4 is 5.32 Å². The Morgan fingerprint density at radius 1 is 1.44 bits per heavy atom. The van der Waals surface area contributed by atoms with E-state index >= 15 is 0 Å². The Balaban J connectivity index is 1.63. The van der Waals surface area contributed by atoms with Gasteiger partial charge in [-0.3, -0.25) is 4.90 Å². The lowest BCUT2D eigenvalue weighted by Gasteiger charge is -2.21. The smallest absolute Gasteiger partial charge is 0.144 e. The zero-order valence-electron chi connectivity index (χ0n) is 10.5. The molecule has 3 heterocycles. The molecule has 3 rings (SSSR count). The fourth-order valence-electron chi connectivity index (χ4n) is 3.24. The lowest BCUT2D eigenvalue weighted by Crippen LogP contribution is -2.38. The first-order chi connectivity index (χ1) is 8.88. The summed E-state index contributed by atoms with van der Waals surface area (Å²) in [5, 5.41) is 12.6. The van der Waals surface area contributed by atoms with Gasteiger partial charge in [-0.1, -0.05) is 6.07 Å². The number of fused-ring (bicyclic) bond motifs is 1. The van der Waals surface area contributed by atoms with Crippen LogP contribution in [0.15, 0.2) is 18.3 Å². The molecule has 0 aliphatic carbocycles. The maximum atomic E-state index is 9.01. The van der Waals surface area contributed by atoms with Crippen molar-refractivity contribution in [2.75, 3.05) is 13.1 Å². The summed E-state index contributed by atoms with van der Waals surface area (Å²) in [4.78, 5) is 6.69. The molecule has 0 aromatic carbocycles. The summed E-state index contributed by atoms with van der Waals surface area (Å²) >= 11 is 0. The molecule has 94 valence electrons. The van der Waals surface area contributed by atoms with Crippen molar-refractivity contribution in [1.29, 1.82) is 5.26 Å². The van der Waals surface area contributed by atoms with Gasteiger partial charge in [0.25, 0.3) is 0 Å². The Bertz CT molecular complexity index is 465. The van der Waals surface area contributed by atoms with E-state index in [4.69, 9.17) is 5.26 Å². The number of aromatic nitrogens is 1. The van der Waals surface area contributed by atoms with Gasteiger partial charge in [-0.25, -0.2) is 4.98 Å².